The molecule has 2 saturated heterocycles. The molecule has 0 aliphatic carbocycles. The number of amides is 2. The van der Waals surface area contributed by atoms with Gasteiger partial charge in [-0.05, 0) is 51.3 Å². The molecule has 2 fully saturated rings. The lowest BCUT2D eigenvalue weighted by molar-refractivity contribution is -0.220. The Morgan fingerprint density at radius 2 is 1.68 bits per heavy atom. The SMILES string of the molecule is CON1[C@@H]2C(=O)CC[C@@]1(C)[C@@]1(C(=O)N(C(=O)OC(C)(C)C)c3ccccc31)[C@@H]2C(=O)OCc1ccccc1. The number of para-hydroxylation sites is 1. The predicted octanol–water partition coefficient (Wildman–Crippen LogP) is 3.93. The molecule has 9 heteroatoms. The number of carbonyl (C=O) groups is 4. The number of esters is 1. The third-order valence-corrected chi connectivity index (χ3v) is 7.92. The summed E-state index contributed by atoms with van der Waals surface area (Å²) < 4.78 is 11.4. The number of nitrogens with zero attached hydrogens (tertiary/aromatic N) is 2. The summed E-state index contributed by atoms with van der Waals surface area (Å²) in [6.45, 7) is 6.93. The van der Waals surface area contributed by atoms with E-state index in [9.17, 15) is 19.2 Å². The smallest absolute Gasteiger partial charge is 0.421 e. The monoisotopic (exact) mass is 520 g/mol. The second kappa shape index (κ2) is 9.03. The number of ether oxygens (including phenoxy) is 2. The summed E-state index contributed by atoms with van der Waals surface area (Å²) in [6.07, 6.45) is -0.433. The highest BCUT2D eigenvalue weighted by Crippen LogP contribution is 2.64. The minimum atomic E-state index is -1.62. The lowest BCUT2D eigenvalue weighted by Gasteiger charge is -2.45. The molecule has 38 heavy (non-hydrogen) atoms. The maximum atomic E-state index is 14.6. The van der Waals surface area contributed by atoms with Crippen LogP contribution < -0.4 is 4.90 Å². The molecule has 1 spiro atoms. The van der Waals surface area contributed by atoms with Crippen molar-refractivity contribution in [3.8, 4) is 0 Å². The highest BCUT2D eigenvalue weighted by Gasteiger charge is 2.79. The van der Waals surface area contributed by atoms with Crippen molar-refractivity contribution in [2.75, 3.05) is 12.0 Å². The van der Waals surface area contributed by atoms with Gasteiger partial charge in [-0.2, -0.15) is 5.06 Å². The van der Waals surface area contributed by atoms with E-state index in [1.165, 1.54) is 12.2 Å². The Kier molecular flexibility index (Phi) is 6.19. The maximum Gasteiger partial charge on any atom is 0.421 e. The number of rotatable bonds is 4. The zero-order chi connectivity index (χ0) is 27.5. The van der Waals surface area contributed by atoms with Crippen LogP contribution in [0.1, 0.15) is 51.7 Å². The summed E-state index contributed by atoms with van der Waals surface area (Å²) in [6, 6.07) is 15.0. The molecule has 0 saturated carbocycles. The summed E-state index contributed by atoms with van der Waals surface area (Å²) in [5.41, 5.74) is -2.04. The van der Waals surface area contributed by atoms with Crippen molar-refractivity contribution in [2.24, 2.45) is 5.92 Å². The molecule has 3 heterocycles. The number of hydroxylamine groups is 2. The van der Waals surface area contributed by atoms with E-state index in [-0.39, 0.29) is 25.2 Å². The topological polar surface area (TPSA) is 102 Å². The van der Waals surface area contributed by atoms with E-state index >= 15 is 0 Å². The Morgan fingerprint density at radius 3 is 2.34 bits per heavy atom. The standard InChI is InChI=1S/C29H32N2O7/c1-27(2,3)38-26(35)30-20-14-10-9-13-19(20)29(25(30)34)22(24(33)37-17-18-11-7-6-8-12-18)23-21(32)15-16-28(29,4)31(23)36-5/h6-14,22-23H,15-17H2,1-5H3/t22-,23+,28-,29+/m0/s1. The zero-order valence-corrected chi connectivity index (χ0v) is 22.2. The summed E-state index contributed by atoms with van der Waals surface area (Å²) >= 11 is 0. The molecule has 0 N–H and O–H groups in total. The van der Waals surface area contributed by atoms with Gasteiger partial charge < -0.3 is 14.3 Å². The average molecular weight is 521 g/mol. The van der Waals surface area contributed by atoms with Crippen LogP contribution in [-0.2, 0) is 40.7 Å². The zero-order valence-electron chi connectivity index (χ0n) is 22.2. The summed E-state index contributed by atoms with van der Waals surface area (Å²) in [5.74, 6) is -2.79. The van der Waals surface area contributed by atoms with Gasteiger partial charge in [0.25, 0.3) is 0 Å². The van der Waals surface area contributed by atoms with Crippen molar-refractivity contribution >= 4 is 29.4 Å². The molecule has 0 aromatic heterocycles. The molecule has 0 unspecified atom stereocenters. The summed E-state index contributed by atoms with van der Waals surface area (Å²) in [4.78, 5) is 62.2. The molecule has 2 aromatic carbocycles. The number of fused-ring (bicyclic) bond motifs is 5. The lowest BCUT2D eigenvalue weighted by Crippen LogP contribution is -2.62. The first-order valence-electron chi connectivity index (χ1n) is 12.7. The third kappa shape index (κ3) is 3.60. The first-order valence-corrected chi connectivity index (χ1v) is 12.7. The van der Waals surface area contributed by atoms with Crippen LogP contribution in [0.25, 0.3) is 0 Å². The number of anilines is 1. The molecular weight excluding hydrogens is 488 g/mol. The largest absolute Gasteiger partial charge is 0.461 e. The first-order chi connectivity index (χ1) is 18.0. The highest BCUT2D eigenvalue weighted by molar-refractivity contribution is 6.24. The molecule has 4 atom stereocenters. The van der Waals surface area contributed by atoms with Crippen molar-refractivity contribution < 1.29 is 33.5 Å². The van der Waals surface area contributed by atoms with E-state index in [1.54, 1.807) is 45.0 Å². The molecule has 2 amide bonds. The predicted molar refractivity (Wildman–Crippen MR) is 137 cm³/mol. The van der Waals surface area contributed by atoms with Gasteiger partial charge in [0.05, 0.1) is 18.3 Å². The number of hydrogen-bond donors (Lipinski definition) is 0. The van der Waals surface area contributed by atoms with E-state index in [2.05, 4.69) is 0 Å². The van der Waals surface area contributed by atoms with Crippen LogP contribution in [0.3, 0.4) is 0 Å². The number of carbonyl (C=O) groups excluding carboxylic acids is 4. The summed E-state index contributed by atoms with van der Waals surface area (Å²) in [5, 5.41) is 1.47. The van der Waals surface area contributed by atoms with E-state index in [1.807, 2.05) is 37.3 Å². The van der Waals surface area contributed by atoms with Crippen LogP contribution in [0, 0.1) is 5.92 Å². The Balaban J connectivity index is 1.68. The fourth-order valence-electron chi connectivity index (χ4n) is 6.48. The molecule has 0 radical (unpaired) electrons. The van der Waals surface area contributed by atoms with Crippen LogP contribution in [0.4, 0.5) is 10.5 Å². The quantitative estimate of drug-likeness (QED) is 0.559. The van der Waals surface area contributed by atoms with E-state index in [4.69, 9.17) is 14.3 Å². The number of piperidine rings is 1. The second-order valence-corrected chi connectivity index (χ2v) is 11.2. The number of imide groups is 1. The fourth-order valence-corrected chi connectivity index (χ4v) is 6.48. The number of ketones is 1. The Morgan fingerprint density at radius 1 is 1.03 bits per heavy atom. The Bertz CT molecular complexity index is 1300. The number of hydrogen-bond acceptors (Lipinski definition) is 8. The van der Waals surface area contributed by atoms with E-state index in [0.717, 1.165) is 10.5 Å². The van der Waals surface area contributed by atoms with Gasteiger partial charge in [-0.15, -0.1) is 0 Å². The van der Waals surface area contributed by atoms with Crippen molar-refractivity contribution in [2.45, 2.75) is 69.7 Å². The number of benzene rings is 2. The van der Waals surface area contributed by atoms with Crippen molar-refractivity contribution in [3.05, 3.63) is 65.7 Å². The molecule has 5 rings (SSSR count). The van der Waals surface area contributed by atoms with E-state index < -0.39 is 46.5 Å². The molecule has 9 nitrogen and oxygen atoms in total. The molecule has 2 bridgehead atoms. The average Bonchev–Trinajstić information content (AvgIpc) is 3.23. The Hall–Kier alpha value is -3.56. The second-order valence-electron chi connectivity index (χ2n) is 11.2. The van der Waals surface area contributed by atoms with Gasteiger partial charge in [0.2, 0.25) is 5.91 Å². The first kappa shape index (κ1) is 26.1. The van der Waals surface area contributed by atoms with Gasteiger partial charge >= 0.3 is 12.1 Å². The maximum absolute atomic E-state index is 14.6. The van der Waals surface area contributed by atoms with Crippen LogP contribution in [0.15, 0.2) is 54.6 Å². The highest BCUT2D eigenvalue weighted by atomic mass is 16.7. The van der Waals surface area contributed by atoms with Gasteiger partial charge in [0.15, 0.2) is 5.78 Å². The van der Waals surface area contributed by atoms with Gasteiger partial charge in [-0.3, -0.25) is 14.4 Å². The van der Waals surface area contributed by atoms with E-state index in [0.29, 0.717) is 11.3 Å². The van der Waals surface area contributed by atoms with Crippen LogP contribution in [-0.4, -0.2) is 53.1 Å². The molecule has 200 valence electrons. The van der Waals surface area contributed by atoms with Crippen LogP contribution >= 0.6 is 0 Å². The third-order valence-electron chi connectivity index (χ3n) is 7.92. The number of Topliss-reactive ketones (excluding diaryl/α,β-unsaturated/α-hetero) is 1. The van der Waals surface area contributed by atoms with Crippen LogP contribution in [0.5, 0.6) is 0 Å². The minimum Gasteiger partial charge on any atom is -0.461 e. The van der Waals surface area contributed by atoms with Gasteiger partial charge in [-0.25, -0.2) is 9.69 Å². The van der Waals surface area contributed by atoms with Gasteiger partial charge in [-0.1, -0.05) is 48.5 Å². The van der Waals surface area contributed by atoms with Crippen LogP contribution in [0.2, 0.25) is 0 Å². The normalized spacial score (nSPS) is 28.5. The minimum absolute atomic E-state index is 0.0253. The molecule has 3 aliphatic rings. The molecule has 3 aliphatic heterocycles. The van der Waals surface area contributed by atoms with Crippen molar-refractivity contribution in [3.63, 3.8) is 0 Å². The molecular formula is C29H32N2O7. The van der Waals surface area contributed by atoms with Gasteiger partial charge in [0.1, 0.15) is 29.6 Å². The lowest BCUT2D eigenvalue weighted by atomic mass is 9.61. The molecule has 2 aromatic rings. The fraction of sp³-hybridized carbons (Fsp3) is 0.448. The Labute approximate surface area is 221 Å². The van der Waals surface area contributed by atoms with Gasteiger partial charge in [0, 0.05) is 6.42 Å². The summed E-state index contributed by atoms with van der Waals surface area (Å²) in [7, 11) is 1.42. The van der Waals surface area contributed by atoms with Crippen molar-refractivity contribution in [1.82, 2.24) is 5.06 Å². The van der Waals surface area contributed by atoms with Crippen molar-refractivity contribution in [1.29, 1.82) is 0 Å².